The van der Waals surface area contributed by atoms with Crippen LogP contribution >= 0.6 is 15.6 Å². The maximum absolute atomic E-state index is 13.1. The Bertz CT molecular complexity index is 1870. The molecule has 0 aromatic rings. The van der Waals surface area contributed by atoms with E-state index in [4.69, 9.17) is 37.0 Å². The van der Waals surface area contributed by atoms with Crippen molar-refractivity contribution >= 4 is 39.5 Å². The Kier molecular flexibility index (Phi) is 64.0. The first-order valence-electron chi connectivity index (χ1n) is 39.3. The Hall–Kier alpha value is -1.94. The van der Waals surface area contributed by atoms with Gasteiger partial charge in [0.1, 0.15) is 19.3 Å². The number of unbranched alkanes of at least 4 members (excludes halogenated alkanes) is 37. The summed E-state index contributed by atoms with van der Waals surface area (Å²) in [5.74, 6) is 0.967. The summed E-state index contributed by atoms with van der Waals surface area (Å²) in [5.41, 5.74) is 0. The number of phosphoric acid groups is 2. The highest BCUT2D eigenvalue weighted by molar-refractivity contribution is 7.47. The zero-order valence-corrected chi connectivity index (χ0v) is 64.1. The molecule has 0 aliphatic carbocycles. The van der Waals surface area contributed by atoms with Crippen molar-refractivity contribution in [3.63, 3.8) is 0 Å². The van der Waals surface area contributed by atoms with Gasteiger partial charge in [-0.05, 0) is 49.4 Å². The highest BCUT2D eigenvalue weighted by atomic mass is 31.2. The third-order valence-electron chi connectivity index (χ3n) is 18.3. The minimum absolute atomic E-state index is 0.105. The van der Waals surface area contributed by atoms with Crippen LogP contribution in [0.15, 0.2) is 0 Å². The minimum atomic E-state index is -4.96. The van der Waals surface area contributed by atoms with E-state index in [1.54, 1.807) is 0 Å². The number of hydrogen-bond donors (Lipinski definition) is 3. The van der Waals surface area contributed by atoms with E-state index in [0.29, 0.717) is 31.6 Å². The van der Waals surface area contributed by atoms with Gasteiger partial charge in [0.15, 0.2) is 12.2 Å². The molecule has 0 amide bonds. The Labute approximate surface area is 581 Å². The second kappa shape index (κ2) is 65.4. The van der Waals surface area contributed by atoms with Crippen molar-refractivity contribution in [2.75, 3.05) is 39.6 Å². The lowest BCUT2D eigenvalue weighted by Gasteiger charge is -2.21. The molecule has 0 aliphatic heterocycles. The van der Waals surface area contributed by atoms with E-state index in [1.165, 1.54) is 180 Å². The number of esters is 4. The summed E-state index contributed by atoms with van der Waals surface area (Å²) < 4.78 is 68.5. The number of aliphatic hydroxyl groups excluding tert-OH is 1. The van der Waals surface area contributed by atoms with Crippen molar-refractivity contribution in [3.05, 3.63) is 0 Å². The average molecular weight is 1400 g/mol. The Morgan fingerprint density at radius 2 is 0.505 bits per heavy atom. The molecule has 0 rings (SSSR count). The highest BCUT2D eigenvalue weighted by Crippen LogP contribution is 2.45. The molecule has 17 nitrogen and oxygen atoms in total. The number of carbonyl (C=O) groups excluding carboxylic acids is 4. The average Bonchev–Trinajstić information content (AvgIpc) is 1.52. The first-order chi connectivity index (χ1) is 45.7. The lowest BCUT2D eigenvalue weighted by atomic mass is 9.99. The lowest BCUT2D eigenvalue weighted by Crippen LogP contribution is -2.30. The Balaban J connectivity index is 5.22. The van der Waals surface area contributed by atoms with Crippen LogP contribution in [0.2, 0.25) is 0 Å². The molecule has 0 aromatic carbocycles. The number of phosphoric ester groups is 2. The van der Waals surface area contributed by atoms with Gasteiger partial charge in [0.2, 0.25) is 0 Å². The molecule has 0 bridgehead atoms. The predicted molar refractivity (Wildman–Crippen MR) is 386 cm³/mol. The largest absolute Gasteiger partial charge is 0.472 e. The number of rotatable bonds is 73. The van der Waals surface area contributed by atoms with Crippen LogP contribution in [-0.4, -0.2) is 96.7 Å². The standard InChI is InChI=1S/C76H148O17P2/c1-9-68(7)54-46-38-30-22-19-20-24-33-42-50-58-75(80)92-72(63-87-74(79)57-49-41-35-27-29-37-45-53-67(5)6)65-91-95(84,85)89-61-70(77)60-88-94(82,83)90-64-71(93-76(81)59-51-43-34-26-25-31-39-47-55-69(8)10-2)62-86-73(78)56-48-40-32-23-18-16-14-12-11-13-15-17-21-28-36-44-52-66(3)4/h66-72,77H,9-65H2,1-8H3,(H,82,83)(H,84,85)/t68?,69?,70?,71-,72-/m1/s1. The van der Waals surface area contributed by atoms with Crippen molar-refractivity contribution in [1.29, 1.82) is 0 Å². The van der Waals surface area contributed by atoms with Crippen molar-refractivity contribution in [2.45, 2.75) is 401 Å². The van der Waals surface area contributed by atoms with Gasteiger partial charge in [-0.1, -0.05) is 331 Å². The third kappa shape index (κ3) is 67.6. The molecule has 0 fully saturated rings. The predicted octanol–water partition coefficient (Wildman–Crippen LogP) is 22.0. The zero-order chi connectivity index (χ0) is 70.3. The Morgan fingerprint density at radius 1 is 0.295 bits per heavy atom. The summed E-state index contributed by atoms with van der Waals surface area (Å²) in [5, 5.41) is 10.6. The topological polar surface area (TPSA) is 237 Å². The summed E-state index contributed by atoms with van der Waals surface area (Å²) in [6.45, 7) is 14.2. The van der Waals surface area contributed by atoms with Crippen LogP contribution in [0.5, 0.6) is 0 Å². The van der Waals surface area contributed by atoms with Crippen LogP contribution < -0.4 is 0 Å². The van der Waals surface area contributed by atoms with Crippen LogP contribution in [0.3, 0.4) is 0 Å². The van der Waals surface area contributed by atoms with Crippen LogP contribution in [0.1, 0.15) is 383 Å². The third-order valence-corrected chi connectivity index (χ3v) is 20.2. The van der Waals surface area contributed by atoms with Crippen molar-refractivity contribution in [1.82, 2.24) is 0 Å². The maximum Gasteiger partial charge on any atom is 0.472 e. The summed E-state index contributed by atoms with van der Waals surface area (Å²) >= 11 is 0. The van der Waals surface area contributed by atoms with E-state index in [0.717, 1.165) is 114 Å². The minimum Gasteiger partial charge on any atom is -0.462 e. The SMILES string of the molecule is CCC(C)CCCCCCCCCCCCC(=O)O[C@H](COC(=O)CCCCCCCCCC(C)C)COP(=O)(O)OCC(O)COP(=O)(O)OC[C@@H](COC(=O)CCCCCCCCCCCCCCCCCCC(C)C)OC(=O)CCCCCCCCCCC(C)CC. The van der Waals surface area contributed by atoms with Gasteiger partial charge >= 0.3 is 39.5 Å². The fraction of sp³-hybridized carbons (Fsp3) is 0.947. The van der Waals surface area contributed by atoms with Gasteiger partial charge in [-0.15, -0.1) is 0 Å². The van der Waals surface area contributed by atoms with E-state index < -0.39 is 97.5 Å². The van der Waals surface area contributed by atoms with Gasteiger partial charge in [0.25, 0.3) is 0 Å². The van der Waals surface area contributed by atoms with E-state index in [1.807, 2.05) is 0 Å². The van der Waals surface area contributed by atoms with Gasteiger partial charge in [0.05, 0.1) is 26.4 Å². The number of ether oxygens (including phenoxy) is 4. The zero-order valence-electron chi connectivity index (χ0n) is 62.3. The van der Waals surface area contributed by atoms with E-state index in [9.17, 15) is 43.2 Å². The fourth-order valence-electron chi connectivity index (χ4n) is 11.5. The molecule has 5 unspecified atom stereocenters. The number of carbonyl (C=O) groups is 4. The van der Waals surface area contributed by atoms with Gasteiger partial charge in [-0.2, -0.15) is 0 Å². The summed E-state index contributed by atoms with van der Waals surface area (Å²) in [6, 6.07) is 0. The first-order valence-corrected chi connectivity index (χ1v) is 42.3. The molecule has 0 spiro atoms. The fourth-order valence-corrected chi connectivity index (χ4v) is 13.1. The van der Waals surface area contributed by atoms with Gasteiger partial charge in [0, 0.05) is 25.7 Å². The molecule has 7 atom stereocenters. The lowest BCUT2D eigenvalue weighted by molar-refractivity contribution is -0.161. The van der Waals surface area contributed by atoms with Gasteiger partial charge in [-0.3, -0.25) is 37.3 Å². The molecule has 0 aromatic heterocycles. The molecular formula is C76H148O17P2. The van der Waals surface area contributed by atoms with Crippen molar-refractivity contribution in [2.24, 2.45) is 23.7 Å². The summed E-state index contributed by atoms with van der Waals surface area (Å²) in [6.07, 6.45) is 50.0. The van der Waals surface area contributed by atoms with E-state index in [-0.39, 0.29) is 25.7 Å². The van der Waals surface area contributed by atoms with Gasteiger partial charge < -0.3 is 33.8 Å². The van der Waals surface area contributed by atoms with Crippen LogP contribution in [0, 0.1) is 23.7 Å². The Morgan fingerprint density at radius 3 is 0.747 bits per heavy atom. The molecule has 0 saturated carbocycles. The highest BCUT2D eigenvalue weighted by Gasteiger charge is 2.30. The van der Waals surface area contributed by atoms with Crippen molar-refractivity contribution in [3.8, 4) is 0 Å². The van der Waals surface area contributed by atoms with Gasteiger partial charge in [-0.25, -0.2) is 9.13 Å². The first kappa shape index (κ1) is 93.1. The molecule has 0 saturated heterocycles. The van der Waals surface area contributed by atoms with E-state index >= 15 is 0 Å². The van der Waals surface area contributed by atoms with Crippen LogP contribution in [-0.2, 0) is 65.4 Å². The molecule has 0 heterocycles. The van der Waals surface area contributed by atoms with E-state index in [2.05, 4.69) is 55.4 Å². The molecule has 19 heteroatoms. The summed E-state index contributed by atoms with van der Waals surface area (Å²) in [7, 11) is -9.91. The molecular weight excluding hydrogens is 1250 g/mol. The normalized spacial score (nSPS) is 14.7. The summed E-state index contributed by atoms with van der Waals surface area (Å²) in [4.78, 5) is 72.8. The van der Waals surface area contributed by atoms with Crippen LogP contribution in [0.4, 0.5) is 0 Å². The number of aliphatic hydroxyl groups is 1. The maximum atomic E-state index is 13.1. The second-order valence-electron chi connectivity index (χ2n) is 28.8. The smallest absolute Gasteiger partial charge is 0.462 e. The molecule has 95 heavy (non-hydrogen) atoms. The number of hydrogen-bond acceptors (Lipinski definition) is 15. The monoisotopic (exact) mass is 1400 g/mol. The quantitative estimate of drug-likeness (QED) is 0.0222. The van der Waals surface area contributed by atoms with Crippen molar-refractivity contribution < 1.29 is 80.2 Å². The molecule has 3 N–H and O–H groups in total. The van der Waals surface area contributed by atoms with Crippen LogP contribution in [0.25, 0.3) is 0 Å². The second-order valence-corrected chi connectivity index (χ2v) is 31.7. The molecule has 0 radical (unpaired) electrons. The molecule has 0 aliphatic rings. The molecule has 564 valence electrons.